The molecule has 0 unspecified atom stereocenters. The van der Waals surface area contributed by atoms with Crippen molar-refractivity contribution in [2.45, 2.75) is 262 Å². The summed E-state index contributed by atoms with van der Waals surface area (Å²) >= 11 is 0. The Labute approximate surface area is 624 Å². The molecule has 0 aliphatic carbocycles. The first-order valence-electron chi connectivity index (χ1n) is 37.1. The predicted octanol–water partition coefficient (Wildman–Crippen LogP) is 25.0. The van der Waals surface area contributed by atoms with Crippen LogP contribution in [0, 0.1) is 0 Å². The van der Waals surface area contributed by atoms with E-state index >= 15 is 4.57 Å². The van der Waals surface area contributed by atoms with Crippen molar-refractivity contribution in [2.24, 2.45) is 0 Å². The van der Waals surface area contributed by atoms with E-state index in [0.717, 1.165) is 82.8 Å². The van der Waals surface area contributed by atoms with Crippen LogP contribution in [0.1, 0.15) is 263 Å². The smallest absolute Gasteiger partial charge is 0.0559 e. The standard InChI is InChI=1S/C94H123O6P3/c1-85(2,3)66-39-52-80(75(57-66)90(16,17)18)97-101(98-81-53-40-67(86(4,5)6)58-76(81)91(19,20)21)71-44-31-62(32-45-71)63-33-46-72(47-34-63)102(95,84-56-43-70(89(13,14)15)61-79(84)94(28,29)30)73-48-35-64(36-49-73)65-37-50-74(51-38-65)103(96,99-82-54-41-68(87(7,8)9)59-77(82)92(22,23)24)100-83-55-42-69(88(10,11)12)60-78(83)93(25,26)27/h31-61,95,102H,1-30H3. The summed E-state index contributed by atoms with van der Waals surface area (Å²) in [7, 11) is -9.67. The molecule has 9 aromatic rings. The quantitative estimate of drug-likeness (QED) is 0.103. The van der Waals surface area contributed by atoms with E-state index < -0.39 is 23.5 Å². The molecule has 9 heteroatoms. The second kappa shape index (κ2) is 28.5. The topological polar surface area (TPSA) is 74.2 Å². The average Bonchev–Trinajstić information content (AvgIpc) is 1.63. The van der Waals surface area contributed by atoms with E-state index in [1.807, 2.05) is 36.4 Å². The van der Waals surface area contributed by atoms with Gasteiger partial charge in [-0.3, -0.25) is 0 Å². The van der Waals surface area contributed by atoms with Crippen molar-refractivity contribution in [3.8, 4) is 45.3 Å². The number of hydrogen-bond donors (Lipinski definition) is 1. The zero-order valence-corrected chi connectivity index (χ0v) is 71.1. The van der Waals surface area contributed by atoms with Crippen LogP contribution >= 0.6 is 23.5 Å². The van der Waals surface area contributed by atoms with Crippen molar-refractivity contribution in [1.82, 2.24) is 0 Å². The molecular weight excluding hydrogens is 1320 g/mol. The molecule has 103 heavy (non-hydrogen) atoms. The van der Waals surface area contributed by atoms with Crippen molar-refractivity contribution < 1.29 is 27.6 Å². The summed E-state index contributed by atoms with van der Waals surface area (Å²) in [6, 6.07) is 66.1. The molecule has 0 saturated heterocycles. The van der Waals surface area contributed by atoms with Crippen molar-refractivity contribution >= 4 is 50.0 Å². The summed E-state index contributed by atoms with van der Waals surface area (Å²) in [5, 5.41) is 4.09. The maximum absolute atomic E-state index is 16.2. The minimum absolute atomic E-state index is 0.0395. The van der Waals surface area contributed by atoms with Crippen LogP contribution in [0.25, 0.3) is 22.3 Å². The molecule has 0 aliphatic rings. The Balaban J connectivity index is 1.11. The van der Waals surface area contributed by atoms with E-state index in [1.54, 1.807) is 0 Å². The molecular formula is C94H123O6P3. The van der Waals surface area contributed by atoms with Gasteiger partial charge >= 0.3 is 348 Å². The van der Waals surface area contributed by atoms with Crippen molar-refractivity contribution in [1.29, 1.82) is 0 Å². The van der Waals surface area contributed by atoms with Crippen LogP contribution in [-0.4, -0.2) is 4.89 Å². The van der Waals surface area contributed by atoms with Gasteiger partial charge in [-0.2, -0.15) is 0 Å². The van der Waals surface area contributed by atoms with Crippen LogP contribution in [0.4, 0.5) is 0 Å². The maximum atomic E-state index is 16.2. The molecule has 0 spiro atoms. The van der Waals surface area contributed by atoms with E-state index in [4.69, 9.17) is 18.1 Å². The molecule has 6 nitrogen and oxygen atoms in total. The fourth-order valence-corrected chi connectivity index (χ4v) is 19.5. The third kappa shape index (κ3) is 18.4. The molecule has 9 rings (SSSR count). The van der Waals surface area contributed by atoms with Gasteiger partial charge in [0.2, 0.25) is 0 Å². The molecule has 0 heterocycles. The monoisotopic (exact) mass is 1440 g/mol. The van der Waals surface area contributed by atoms with Crippen molar-refractivity contribution in [3.05, 3.63) is 244 Å². The van der Waals surface area contributed by atoms with Crippen LogP contribution < -0.4 is 44.6 Å². The predicted molar refractivity (Wildman–Crippen MR) is 449 cm³/mol. The van der Waals surface area contributed by atoms with Crippen molar-refractivity contribution in [2.75, 3.05) is 0 Å². The first-order chi connectivity index (χ1) is 47.1. The summed E-state index contributed by atoms with van der Waals surface area (Å²) in [5.41, 5.74) is 13.5. The van der Waals surface area contributed by atoms with E-state index in [9.17, 15) is 4.89 Å². The molecule has 0 atom stereocenters. The molecule has 550 valence electrons. The van der Waals surface area contributed by atoms with E-state index in [1.165, 1.54) is 27.8 Å². The van der Waals surface area contributed by atoms with Gasteiger partial charge in [-0.1, -0.05) is 215 Å². The van der Waals surface area contributed by atoms with Gasteiger partial charge in [0, 0.05) is 0 Å². The summed E-state index contributed by atoms with van der Waals surface area (Å²) in [5.74, 6) is 2.69. The number of benzene rings is 9. The van der Waals surface area contributed by atoms with Crippen LogP contribution in [0.5, 0.6) is 23.0 Å². The fourth-order valence-electron chi connectivity index (χ4n) is 13.2. The summed E-state index contributed by atoms with van der Waals surface area (Å²) in [4.78, 5) is 14.2. The van der Waals surface area contributed by atoms with E-state index in [-0.39, 0.29) is 54.1 Å². The Morgan fingerprint density at radius 2 is 0.524 bits per heavy atom. The van der Waals surface area contributed by atoms with Crippen LogP contribution in [0.2, 0.25) is 0 Å². The Hall–Kier alpha value is -6.77. The van der Waals surface area contributed by atoms with Gasteiger partial charge in [-0.15, -0.1) is 0 Å². The average molecular weight is 1440 g/mol. The summed E-state index contributed by atoms with van der Waals surface area (Å²) < 4.78 is 44.7. The molecule has 0 saturated carbocycles. The molecule has 0 aromatic heterocycles. The summed E-state index contributed by atoms with van der Waals surface area (Å²) in [6.45, 7) is 66.8. The molecule has 1 N–H and O–H groups in total. The normalized spacial score (nSPS) is 13.7. The van der Waals surface area contributed by atoms with Gasteiger partial charge < -0.3 is 0 Å². The second-order valence-corrected chi connectivity index (χ2v) is 45.6. The fraction of sp³-hybridized carbons (Fsp3) is 0.426. The molecule has 0 fully saturated rings. The minimum Gasteiger partial charge on any atom is -0.0559 e. The van der Waals surface area contributed by atoms with Gasteiger partial charge in [0.05, 0.1) is 0 Å². The summed E-state index contributed by atoms with van der Waals surface area (Å²) in [6.07, 6.45) is 0. The van der Waals surface area contributed by atoms with Gasteiger partial charge in [-0.05, 0) is 65.6 Å². The molecule has 0 aliphatic heterocycles. The Morgan fingerprint density at radius 3 is 0.806 bits per heavy atom. The van der Waals surface area contributed by atoms with Gasteiger partial charge in [0.1, 0.15) is 0 Å². The molecule has 0 radical (unpaired) electrons. The van der Waals surface area contributed by atoms with Crippen molar-refractivity contribution in [3.63, 3.8) is 0 Å². The Bertz CT molecular complexity index is 4390. The Kier molecular flexibility index (Phi) is 22.2. The minimum atomic E-state index is -4.18. The zero-order valence-electron chi connectivity index (χ0n) is 68.3. The Morgan fingerprint density at radius 1 is 0.282 bits per heavy atom. The van der Waals surface area contributed by atoms with Gasteiger partial charge in [0.15, 0.2) is 0 Å². The third-order valence-corrected chi connectivity index (χ3v) is 26.8. The molecule has 0 amide bonds. The molecule has 9 aromatic carbocycles. The number of rotatable bonds is 15. The van der Waals surface area contributed by atoms with E-state index in [2.05, 4.69) is 359 Å². The molecule has 0 bridgehead atoms. The third-order valence-electron chi connectivity index (χ3n) is 20.0. The zero-order chi connectivity index (χ0) is 76.6. The SMILES string of the molecule is CC(C)(C)c1ccc(OP(Oc2ccc(C(C)(C)C)cc2C(C)(C)C)c2ccc(-c3ccc([PH](O)(c4ccc(-c5ccc(P(=O)(Oc6ccc(C(C)(C)C)cc6C(C)(C)C)Oc6ccc(C(C)(C)C)cc6C(C)(C)C)cc5)cc4)c4ccc(C(C)(C)C)cc4C(C)(C)C)cc3)cc2)c(C(C)(C)C)c1. The van der Waals surface area contributed by atoms with Gasteiger partial charge in [-0.25, -0.2) is 0 Å². The first kappa shape index (κ1) is 80.3. The first-order valence-corrected chi connectivity index (χ1v) is 41.8. The van der Waals surface area contributed by atoms with E-state index in [0.29, 0.717) is 16.8 Å². The van der Waals surface area contributed by atoms with Gasteiger partial charge in [0.25, 0.3) is 0 Å². The second-order valence-electron chi connectivity index (χ2n) is 39.2. The van der Waals surface area contributed by atoms with Crippen LogP contribution in [-0.2, 0) is 58.7 Å². The van der Waals surface area contributed by atoms with Crippen LogP contribution in [0.3, 0.4) is 0 Å². The van der Waals surface area contributed by atoms with Crippen LogP contribution in [0.15, 0.2) is 188 Å². The number of hydrogen-bond acceptors (Lipinski definition) is 6.